The van der Waals surface area contributed by atoms with E-state index in [9.17, 15) is 19.5 Å². The molecule has 2 aromatic carbocycles. The first-order valence-corrected chi connectivity index (χ1v) is 13.2. The summed E-state index contributed by atoms with van der Waals surface area (Å²) in [5.41, 5.74) is 3.74. The molecule has 6 heteroatoms. The second-order valence-corrected chi connectivity index (χ2v) is 10.8. The minimum Gasteiger partial charge on any atom is -0.481 e. The van der Waals surface area contributed by atoms with Crippen LogP contribution in [0.15, 0.2) is 71.7 Å². The van der Waals surface area contributed by atoms with Gasteiger partial charge in [-0.3, -0.25) is 14.4 Å². The van der Waals surface area contributed by atoms with Gasteiger partial charge >= 0.3 is 5.97 Å². The van der Waals surface area contributed by atoms with E-state index >= 15 is 0 Å². The Labute approximate surface area is 217 Å². The van der Waals surface area contributed by atoms with Gasteiger partial charge in [0, 0.05) is 17.4 Å². The van der Waals surface area contributed by atoms with Gasteiger partial charge in [-0.1, -0.05) is 55.3 Å². The number of carbonyl (C=O) groups excluding carboxylic acids is 1. The normalized spacial score (nSPS) is 17.3. The van der Waals surface area contributed by atoms with Crippen LogP contribution < -0.4 is 10.9 Å². The zero-order valence-corrected chi connectivity index (χ0v) is 21.3. The summed E-state index contributed by atoms with van der Waals surface area (Å²) in [5, 5.41) is 12.7. The van der Waals surface area contributed by atoms with Crippen LogP contribution in [0, 0.1) is 18.3 Å². The van der Waals surface area contributed by atoms with Crippen LogP contribution in [0.5, 0.6) is 0 Å². The third-order valence-corrected chi connectivity index (χ3v) is 8.10. The molecular formula is C31H34N2O4. The van der Waals surface area contributed by atoms with Gasteiger partial charge in [0.25, 0.3) is 5.56 Å². The summed E-state index contributed by atoms with van der Waals surface area (Å²) in [6.07, 6.45) is 8.02. The summed E-state index contributed by atoms with van der Waals surface area (Å²) in [6, 6.07) is 19.4. The smallest absolute Gasteiger partial charge is 0.309 e. The van der Waals surface area contributed by atoms with Gasteiger partial charge in [-0.25, -0.2) is 0 Å². The number of carboxylic acids is 1. The molecule has 37 heavy (non-hydrogen) atoms. The number of aryl methyl sites for hydroxylation is 1. The predicted octanol–water partition coefficient (Wildman–Crippen LogP) is 5.52. The Hall–Kier alpha value is -3.67. The van der Waals surface area contributed by atoms with Crippen molar-refractivity contribution in [3.8, 4) is 0 Å². The van der Waals surface area contributed by atoms with E-state index in [1.165, 1.54) is 0 Å². The fourth-order valence-corrected chi connectivity index (χ4v) is 5.72. The quantitative estimate of drug-likeness (QED) is 0.406. The number of rotatable bonds is 9. The van der Waals surface area contributed by atoms with Gasteiger partial charge < -0.3 is 15.0 Å². The maximum atomic E-state index is 13.6. The van der Waals surface area contributed by atoms with Crippen LogP contribution in [0.4, 0.5) is 5.69 Å². The number of nitrogens with one attached hydrogen (secondary N) is 1. The number of hydrogen-bond acceptors (Lipinski definition) is 3. The lowest BCUT2D eigenvalue weighted by atomic mass is 9.83. The third-order valence-electron chi connectivity index (χ3n) is 8.10. The summed E-state index contributed by atoms with van der Waals surface area (Å²) >= 11 is 0. The monoisotopic (exact) mass is 498 g/mol. The summed E-state index contributed by atoms with van der Waals surface area (Å²) in [4.78, 5) is 37.6. The Morgan fingerprint density at radius 3 is 2.43 bits per heavy atom. The average molecular weight is 499 g/mol. The molecule has 2 fully saturated rings. The number of benzene rings is 2. The van der Waals surface area contributed by atoms with Crippen molar-refractivity contribution in [1.82, 2.24) is 4.57 Å². The lowest BCUT2D eigenvalue weighted by molar-refractivity contribution is -0.143. The first-order valence-electron chi connectivity index (χ1n) is 13.2. The molecular weight excluding hydrogens is 464 g/mol. The maximum Gasteiger partial charge on any atom is 0.309 e. The molecule has 1 atom stereocenters. The zero-order chi connectivity index (χ0) is 26.0. The molecule has 3 aromatic rings. The van der Waals surface area contributed by atoms with Crippen molar-refractivity contribution in [3.63, 3.8) is 0 Å². The van der Waals surface area contributed by atoms with Crippen molar-refractivity contribution in [1.29, 1.82) is 0 Å². The molecule has 0 radical (unpaired) electrons. The number of hydrogen-bond donors (Lipinski definition) is 2. The molecule has 192 valence electrons. The lowest BCUT2D eigenvalue weighted by Crippen LogP contribution is -2.26. The Morgan fingerprint density at radius 1 is 1.03 bits per heavy atom. The molecule has 0 spiro atoms. The zero-order valence-electron chi connectivity index (χ0n) is 21.3. The highest BCUT2D eigenvalue weighted by Gasteiger charge is 2.50. The van der Waals surface area contributed by atoms with Crippen LogP contribution in [0.25, 0.3) is 0 Å². The van der Waals surface area contributed by atoms with Crippen molar-refractivity contribution >= 4 is 17.6 Å². The van der Waals surface area contributed by atoms with Crippen molar-refractivity contribution in [2.75, 3.05) is 5.32 Å². The van der Waals surface area contributed by atoms with E-state index in [0.717, 1.165) is 47.9 Å². The number of amides is 1. The van der Waals surface area contributed by atoms with Crippen molar-refractivity contribution in [2.24, 2.45) is 11.3 Å². The second-order valence-electron chi connectivity index (χ2n) is 10.8. The summed E-state index contributed by atoms with van der Waals surface area (Å²) < 4.78 is 1.70. The maximum absolute atomic E-state index is 13.6. The minimum absolute atomic E-state index is 0.00739. The van der Waals surface area contributed by atoms with Gasteiger partial charge in [0.2, 0.25) is 5.91 Å². The van der Waals surface area contributed by atoms with Gasteiger partial charge in [-0.15, -0.1) is 0 Å². The van der Waals surface area contributed by atoms with E-state index in [2.05, 4.69) is 5.32 Å². The molecule has 2 N–H and O–H groups in total. The van der Waals surface area contributed by atoms with E-state index in [4.69, 9.17) is 0 Å². The number of pyridine rings is 1. The number of anilines is 1. The molecule has 0 aliphatic heterocycles. The fraction of sp³-hybridized carbons (Fsp3) is 0.387. The second kappa shape index (κ2) is 10.4. The topological polar surface area (TPSA) is 88.4 Å². The number of aromatic nitrogens is 1. The van der Waals surface area contributed by atoms with Gasteiger partial charge in [0.1, 0.15) is 0 Å². The number of carbonyl (C=O) groups is 2. The van der Waals surface area contributed by atoms with Crippen LogP contribution in [-0.2, 0) is 22.6 Å². The molecule has 2 aliphatic carbocycles. The Kier molecular flexibility index (Phi) is 7.00. The van der Waals surface area contributed by atoms with Crippen molar-refractivity contribution in [3.05, 3.63) is 99.5 Å². The molecule has 6 nitrogen and oxygen atoms in total. The van der Waals surface area contributed by atoms with Gasteiger partial charge in [0.05, 0.1) is 17.9 Å². The van der Waals surface area contributed by atoms with Crippen LogP contribution in [-0.4, -0.2) is 21.6 Å². The number of aliphatic carboxylic acids is 1. The molecule has 0 bridgehead atoms. The van der Waals surface area contributed by atoms with Gasteiger partial charge in [0.15, 0.2) is 0 Å². The van der Waals surface area contributed by atoms with Crippen molar-refractivity contribution in [2.45, 2.75) is 64.3 Å². The highest BCUT2D eigenvalue weighted by Crippen LogP contribution is 2.48. The molecule has 1 heterocycles. The summed E-state index contributed by atoms with van der Waals surface area (Å²) in [7, 11) is 0. The molecule has 0 saturated heterocycles. The number of carboxylic acid groups (broad SMARTS) is 1. The van der Waals surface area contributed by atoms with E-state index in [1.807, 2.05) is 67.6 Å². The molecule has 1 aromatic heterocycles. The summed E-state index contributed by atoms with van der Waals surface area (Å²) in [5.74, 6) is -0.726. The molecule has 1 unspecified atom stereocenters. The molecule has 1 amide bonds. The highest BCUT2D eigenvalue weighted by atomic mass is 16.4. The first kappa shape index (κ1) is 25.0. The molecule has 2 saturated carbocycles. The first-order chi connectivity index (χ1) is 17.8. The average Bonchev–Trinajstić information content (AvgIpc) is 3.47. The predicted molar refractivity (Wildman–Crippen MR) is 144 cm³/mol. The highest BCUT2D eigenvalue weighted by molar-refractivity contribution is 5.96. The summed E-state index contributed by atoms with van der Waals surface area (Å²) in [6.45, 7) is 2.31. The largest absolute Gasteiger partial charge is 0.481 e. The van der Waals surface area contributed by atoms with E-state index < -0.39 is 11.4 Å². The van der Waals surface area contributed by atoms with Crippen LogP contribution in [0.3, 0.4) is 0 Å². The molecule has 5 rings (SSSR count). The Morgan fingerprint density at radius 2 is 1.76 bits per heavy atom. The minimum atomic E-state index is -0.737. The Balaban J connectivity index is 1.33. The van der Waals surface area contributed by atoms with Gasteiger partial charge in [-0.05, 0) is 79.8 Å². The standard InChI is InChI=1S/C31H34N2O4/c1-21-6-5-17-33(29(21)35)20-22-11-13-25(14-12-22)27(24-8-2-3-9-24)28(34)32-26-10-4-7-23(18-26)19-31(15-16-31)30(36)37/h4-7,10-14,17-18,24,27H,2-3,8-9,15-16,19-20H2,1H3,(H,32,34)(H,36,37). The van der Waals surface area contributed by atoms with Gasteiger partial charge in [-0.2, -0.15) is 0 Å². The Bertz CT molecular complexity index is 1350. The van der Waals surface area contributed by atoms with E-state index in [0.29, 0.717) is 31.5 Å². The van der Waals surface area contributed by atoms with E-state index in [1.54, 1.807) is 10.8 Å². The lowest BCUT2D eigenvalue weighted by Gasteiger charge is -2.24. The SMILES string of the molecule is Cc1cccn(Cc2ccc(C(C(=O)Nc3cccc(CC4(C(=O)O)CC4)c3)C3CCCC3)cc2)c1=O. The third kappa shape index (κ3) is 5.53. The van der Waals surface area contributed by atoms with Crippen molar-refractivity contribution < 1.29 is 14.7 Å². The van der Waals surface area contributed by atoms with E-state index in [-0.39, 0.29) is 23.3 Å². The van der Waals surface area contributed by atoms with Crippen LogP contribution in [0.2, 0.25) is 0 Å². The molecule has 2 aliphatic rings. The number of nitrogens with zero attached hydrogens (tertiary/aromatic N) is 1. The fourth-order valence-electron chi connectivity index (χ4n) is 5.72. The van der Waals surface area contributed by atoms with Crippen LogP contribution >= 0.6 is 0 Å². The van der Waals surface area contributed by atoms with Crippen LogP contribution in [0.1, 0.15) is 66.7 Å².